The van der Waals surface area contributed by atoms with Crippen LogP contribution < -0.4 is 5.46 Å². The third-order valence-corrected chi connectivity index (χ3v) is 5.64. The van der Waals surface area contributed by atoms with Crippen molar-refractivity contribution in [2.75, 3.05) is 0 Å². The Kier molecular flexibility index (Phi) is 5.64. The number of Topliss-reactive ketones (excluding diaryl/α,β-unsaturated/α-hetero) is 1. The standard InChI is InChI=1S/C21H33BO2/c1-8-9-16-10-11-18(14-19(16)15(2)23)22(17-12-13-17)24-21(6,7)20(3,4)5/h10-11,14,17H,8-9,12-13H2,1-7H3. The monoisotopic (exact) mass is 328 g/mol. The van der Waals surface area contributed by atoms with E-state index in [1.54, 1.807) is 6.92 Å². The molecule has 0 amide bonds. The third-order valence-electron chi connectivity index (χ3n) is 5.64. The summed E-state index contributed by atoms with van der Waals surface area (Å²) in [4.78, 5) is 12.1. The normalized spacial score (nSPS) is 15.5. The van der Waals surface area contributed by atoms with E-state index >= 15 is 0 Å². The van der Waals surface area contributed by atoms with Gasteiger partial charge in [-0.05, 0) is 49.5 Å². The molecule has 0 saturated heterocycles. The summed E-state index contributed by atoms with van der Waals surface area (Å²) in [6, 6.07) is 6.41. The predicted octanol–water partition coefficient (Wildman–Crippen LogP) is 5.05. The zero-order valence-electron chi connectivity index (χ0n) is 16.5. The molecular weight excluding hydrogens is 295 g/mol. The van der Waals surface area contributed by atoms with Crippen LogP contribution in [0.1, 0.15) is 83.7 Å². The van der Waals surface area contributed by atoms with Gasteiger partial charge >= 0.3 is 6.92 Å². The van der Waals surface area contributed by atoms with Gasteiger partial charge in [-0.1, -0.05) is 65.2 Å². The molecule has 24 heavy (non-hydrogen) atoms. The lowest BCUT2D eigenvalue weighted by Gasteiger charge is -2.41. The molecule has 0 radical (unpaired) electrons. The van der Waals surface area contributed by atoms with Crippen LogP contribution in [0.4, 0.5) is 0 Å². The third kappa shape index (κ3) is 4.30. The van der Waals surface area contributed by atoms with Gasteiger partial charge in [0, 0.05) is 5.56 Å². The Morgan fingerprint density at radius 3 is 2.29 bits per heavy atom. The van der Waals surface area contributed by atoms with Gasteiger partial charge in [0.15, 0.2) is 5.78 Å². The summed E-state index contributed by atoms with van der Waals surface area (Å²) in [5.41, 5.74) is 3.04. The summed E-state index contributed by atoms with van der Waals surface area (Å²) in [7, 11) is 0. The lowest BCUT2D eigenvalue weighted by Crippen LogP contribution is -2.48. The summed E-state index contributed by atoms with van der Waals surface area (Å²) in [6.45, 7) is 14.9. The van der Waals surface area contributed by atoms with E-state index in [4.69, 9.17) is 4.65 Å². The zero-order valence-corrected chi connectivity index (χ0v) is 16.5. The van der Waals surface area contributed by atoms with Crippen LogP contribution in [-0.4, -0.2) is 18.3 Å². The highest BCUT2D eigenvalue weighted by molar-refractivity contribution is 6.69. The number of hydrogen-bond acceptors (Lipinski definition) is 2. The number of benzene rings is 1. The molecule has 1 aliphatic rings. The lowest BCUT2D eigenvalue weighted by molar-refractivity contribution is -0.000927. The molecule has 2 nitrogen and oxygen atoms in total. The molecule has 3 heteroatoms. The van der Waals surface area contributed by atoms with Crippen LogP contribution >= 0.6 is 0 Å². The van der Waals surface area contributed by atoms with Gasteiger partial charge < -0.3 is 4.65 Å². The largest absolute Gasteiger partial charge is 0.425 e. The van der Waals surface area contributed by atoms with Crippen LogP contribution in [0.5, 0.6) is 0 Å². The summed E-state index contributed by atoms with van der Waals surface area (Å²) in [5, 5.41) is 0. The highest BCUT2D eigenvalue weighted by Crippen LogP contribution is 2.43. The SMILES string of the molecule is CCCc1ccc(B(OC(C)(C)C(C)(C)C)C2CC2)cc1C(C)=O. The molecule has 0 bridgehead atoms. The zero-order chi connectivity index (χ0) is 18.1. The first-order chi connectivity index (χ1) is 11.1. The number of aryl methyl sites for hydroxylation is 1. The van der Waals surface area contributed by atoms with Crippen molar-refractivity contribution >= 4 is 18.2 Å². The minimum Gasteiger partial charge on any atom is -0.425 e. The van der Waals surface area contributed by atoms with Crippen LogP contribution in [0.2, 0.25) is 5.82 Å². The van der Waals surface area contributed by atoms with Crippen molar-refractivity contribution < 1.29 is 9.45 Å². The van der Waals surface area contributed by atoms with E-state index < -0.39 is 0 Å². The average Bonchev–Trinajstić information content (AvgIpc) is 3.28. The van der Waals surface area contributed by atoms with Crippen LogP contribution in [0.25, 0.3) is 0 Å². The quantitative estimate of drug-likeness (QED) is 0.517. The van der Waals surface area contributed by atoms with E-state index in [9.17, 15) is 4.79 Å². The molecule has 0 aliphatic heterocycles. The van der Waals surface area contributed by atoms with E-state index in [1.807, 2.05) is 0 Å². The minimum absolute atomic E-state index is 0.0612. The Bertz CT molecular complexity index is 594. The molecular formula is C21H33BO2. The van der Waals surface area contributed by atoms with E-state index in [2.05, 4.69) is 59.7 Å². The summed E-state index contributed by atoms with van der Waals surface area (Å²) in [6.07, 6.45) is 4.45. The highest BCUT2D eigenvalue weighted by Gasteiger charge is 2.44. The molecule has 2 rings (SSSR count). The molecule has 0 aromatic heterocycles. The van der Waals surface area contributed by atoms with Crippen LogP contribution in [-0.2, 0) is 11.1 Å². The fourth-order valence-corrected chi connectivity index (χ4v) is 2.92. The summed E-state index contributed by atoms with van der Waals surface area (Å²) in [5.74, 6) is 0.744. The van der Waals surface area contributed by atoms with E-state index in [1.165, 1.54) is 23.9 Å². The molecule has 0 atom stereocenters. The van der Waals surface area contributed by atoms with Crippen molar-refractivity contribution in [3.05, 3.63) is 29.3 Å². The average molecular weight is 328 g/mol. The summed E-state index contributed by atoms with van der Waals surface area (Å²) < 4.78 is 6.64. The predicted molar refractivity (Wildman–Crippen MR) is 103 cm³/mol. The Morgan fingerprint density at radius 2 is 1.83 bits per heavy atom. The van der Waals surface area contributed by atoms with Crippen molar-refractivity contribution in [1.29, 1.82) is 0 Å². The van der Waals surface area contributed by atoms with Gasteiger partial charge in [0.25, 0.3) is 0 Å². The Morgan fingerprint density at radius 1 is 1.21 bits per heavy atom. The van der Waals surface area contributed by atoms with Gasteiger partial charge in [-0.3, -0.25) is 4.79 Å². The van der Waals surface area contributed by atoms with Crippen molar-refractivity contribution in [2.45, 2.75) is 85.6 Å². The Balaban J connectivity index is 2.35. The maximum absolute atomic E-state index is 12.1. The number of rotatable bonds is 7. The van der Waals surface area contributed by atoms with E-state index in [0.29, 0.717) is 5.82 Å². The van der Waals surface area contributed by atoms with E-state index in [-0.39, 0.29) is 23.7 Å². The second-order valence-electron chi connectivity index (χ2n) is 8.86. The van der Waals surface area contributed by atoms with Gasteiger partial charge in [-0.15, -0.1) is 0 Å². The number of hydrogen-bond donors (Lipinski definition) is 0. The van der Waals surface area contributed by atoms with Gasteiger partial charge in [-0.25, -0.2) is 0 Å². The first-order valence-corrected chi connectivity index (χ1v) is 9.38. The fourth-order valence-electron chi connectivity index (χ4n) is 2.92. The van der Waals surface area contributed by atoms with E-state index in [0.717, 1.165) is 18.4 Å². The number of carbonyl (C=O) groups excluding carboxylic acids is 1. The highest BCUT2D eigenvalue weighted by atomic mass is 16.5. The second-order valence-corrected chi connectivity index (χ2v) is 8.86. The maximum Gasteiger partial charge on any atom is 0.330 e. The molecule has 1 aliphatic carbocycles. The molecule has 1 aromatic carbocycles. The van der Waals surface area contributed by atoms with Crippen LogP contribution in [0, 0.1) is 5.41 Å². The molecule has 0 N–H and O–H groups in total. The van der Waals surface area contributed by atoms with Crippen LogP contribution in [0.3, 0.4) is 0 Å². The smallest absolute Gasteiger partial charge is 0.330 e. The van der Waals surface area contributed by atoms with Crippen molar-refractivity contribution in [1.82, 2.24) is 0 Å². The van der Waals surface area contributed by atoms with Gasteiger partial charge in [0.1, 0.15) is 0 Å². The van der Waals surface area contributed by atoms with Crippen molar-refractivity contribution in [3.63, 3.8) is 0 Å². The molecule has 1 saturated carbocycles. The summed E-state index contributed by atoms with van der Waals surface area (Å²) >= 11 is 0. The van der Waals surface area contributed by atoms with Gasteiger partial charge in [0.2, 0.25) is 0 Å². The fraction of sp³-hybridized carbons (Fsp3) is 0.667. The van der Waals surface area contributed by atoms with Crippen molar-refractivity contribution in [2.24, 2.45) is 5.41 Å². The molecule has 0 spiro atoms. The first kappa shape index (κ1) is 19.2. The molecule has 0 heterocycles. The second kappa shape index (κ2) is 7.03. The molecule has 0 unspecified atom stereocenters. The van der Waals surface area contributed by atoms with Gasteiger partial charge in [-0.2, -0.15) is 0 Å². The molecule has 1 aromatic rings. The maximum atomic E-state index is 12.1. The number of ketones is 1. The topological polar surface area (TPSA) is 26.3 Å². The molecule has 132 valence electrons. The Labute approximate surface area is 148 Å². The van der Waals surface area contributed by atoms with Crippen molar-refractivity contribution in [3.8, 4) is 0 Å². The van der Waals surface area contributed by atoms with Gasteiger partial charge in [0.05, 0.1) is 5.60 Å². The molecule has 1 fully saturated rings. The first-order valence-electron chi connectivity index (χ1n) is 9.38. The minimum atomic E-state index is -0.223. The lowest BCUT2D eigenvalue weighted by atomic mass is 9.54. The number of carbonyl (C=O) groups is 1. The van der Waals surface area contributed by atoms with Crippen LogP contribution in [0.15, 0.2) is 18.2 Å². The Hall–Kier alpha value is -1.09.